The number of rotatable bonds is 6. The second kappa shape index (κ2) is 5.64. The number of amides is 1. The van der Waals surface area contributed by atoms with Crippen LogP contribution >= 0.6 is 0 Å². The first kappa shape index (κ1) is 14.3. The Morgan fingerprint density at radius 2 is 1.65 bits per heavy atom. The fourth-order valence-corrected chi connectivity index (χ4v) is 5.11. The van der Waals surface area contributed by atoms with E-state index >= 15 is 0 Å². The lowest BCUT2D eigenvalue weighted by molar-refractivity contribution is -0.126. The minimum absolute atomic E-state index is 0.162. The molecule has 4 aliphatic carbocycles. The standard InChI is InChI=1S/C16H29N3O/c1-19(2)4-3-17-11-15(20)18-16-8-12-5-13(9-16)7-14(6-12)10-16/h12-14,17H,3-11H2,1-2H3,(H,18,20). The number of hydrogen-bond acceptors (Lipinski definition) is 3. The van der Waals surface area contributed by atoms with Gasteiger partial charge < -0.3 is 15.5 Å². The third kappa shape index (κ3) is 3.17. The van der Waals surface area contributed by atoms with Crippen LogP contribution in [-0.4, -0.2) is 50.1 Å². The number of nitrogens with zero attached hydrogens (tertiary/aromatic N) is 1. The Bertz CT molecular complexity index is 331. The minimum atomic E-state index is 0.162. The molecule has 0 heterocycles. The van der Waals surface area contributed by atoms with E-state index in [1.165, 1.54) is 38.5 Å². The predicted molar refractivity (Wildman–Crippen MR) is 80.5 cm³/mol. The van der Waals surface area contributed by atoms with Crippen molar-refractivity contribution in [1.82, 2.24) is 15.5 Å². The average molecular weight is 279 g/mol. The Morgan fingerprint density at radius 1 is 1.10 bits per heavy atom. The Balaban J connectivity index is 1.46. The van der Waals surface area contributed by atoms with Gasteiger partial charge in [-0.2, -0.15) is 0 Å². The van der Waals surface area contributed by atoms with Crippen LogP contribution in [-0.2, 0) is 4.79 Å². The van der Waals surface area contributed by atoms with E-state index in [4.69, 9.17) is 0 Å². The van der Waals surface area contributed by atoms with Crippen LogP contribution in [0.3, 0.4) is 0 Å². The van der Waals surface area contributed by atoms with Crippen LogP contribution in [0, 0.1) is 17.8 Å². The fourth-order valence-electron chi connectivity index (χ4n) is 5.11. The maximum atomic E-state index is 12.2. The van der Waals surface area contributed by atoms with Crippen molar-refractivity contribution in [2.24, 2.45) is 17.8 Å². The van der Waals surface area contributed by atoms with Gasteiger partial charge in [-0.25, -0.2) is 0 Å². The zero-order valence-electron chi connectivity index (χ0n) is 13.0. The summed E-state index contributed by atoms with van der Waals surface area (Å²) in [5, 5.41) is 6.64. The molecule has 0 aliphatic heterocycles. The van der Waals surface area contributed by atoms with Crippen LogP contribution in [0.1, 0.15) is 38.5 Å². The third-order valence-corrected chi connectivity index (χ3v) is 5.46. The first-order valence-electron chi connectivity index (χ1n) is 8.21. The van der Waals surface area contributed by atoms with Crippen LogP contribution in [0.2, 0.25) is 0 Å². The van der Waals surface area contributed by atoms with Gasteiger partial charge in [0.25, 0.3) is 0 Å². The molecule has 0 saturated heterocycles. The smallest absolute Gasteiger partial charge is 0.234 e. The normalized spacial score (nSPS) is 38.5. The van der Waals surface area contributed by atoms with Gasteiger partial charge in [0, 0.05) is 18.6 Å². The van der Waals surface area contributed by atoms with E-state index in [9.17, 15) is 4.79 Å². The molecule has 4 nitrogen and oxygen atoms in total. The van der Waals surface area contributed by atoms with E-state index < -0.39 is 0 Å². The Kier molecular flexibility index (Phi) is 4.04. The summed E-state index contributed by atoms with van der Waals surface area (Å²) >= 11 is 0. The van der Waals surface area contributed by atoms with Gasteiger partial charge in [-0.3, -0.25) is 4.79 Å². The zero-order valence-corrected chi connectivity index (χ0v) is 13.0. The summed E-state index contributed by atoms with van der Waals surface area (Å²) in [6, 6.07) is 0. The van der Waals surface area contributed by atoms with E-state index in [1.807, 2.05) is 0 Å². The van der Waals surface area contributed by atoms with Crippen molar-refractivity contribution in [1.29, 1.82) is 0 Å². The van der Waals surface area contributed by atoms with Crippen molar-refractivity contribution in [2.45, 2.75) is 44.1 Å². The molecule has 0 unspecified atom stereocenters. The quantitative estimate of drug-likeness (QED) is 0.719. The summed E-state index contributed by atoms with van der Waals surface area (Å²) < 4.78 is 0. The molecule has 0 aromatic rings. The molecule has 4 heteroatoms. The SMILES string of the molecule is CN(C)CCNCC(=O)NC12CC3CC(CC(C3)C1)C2. The fraction of sp³-hybridized carbons (Fsp3) is 0.938. The lowest BCUT2D eigenvalue weighted by atomic mass is 9.53. The molecule has 4 rings (SSSR count). The zero-order chi connectivity index (χ0) is 14.2. The summed E-state index contributed by atoms with van der Waals surface area (Å²) in [6.07, 6.45) is 8.00. The van der Waals surface area contributed by atoms with E-state index in [-0.39, 0.29) is 11.4 Å². The van der Waals surface area contributed by atoms with Gasteiger partial charge in [-0.15, -0.1) is 0 Å². The average Bonchev–Trinajstić information content (AvgIpc) is 2.32. The van der Waals surface area contributed by atoms with Gasteiger partial charge in [0.15, 0.2) is 0 Å². The predicted octanol–water partition coefficient (Wildman–Crippen LogP) is 1.22. The Hall–Kier alpha value is -0.610. The lowest BCUT2D eigenvalue weighted by Gasteiger charge is -2.56. The molecule has 0 spiro atoms. The number of carbonyl (C=O) groups is 1. The largest absolute Gasteiger partial charge is 0.350 e. The molecule has 2 N–H and O–H groups in total. The van der Waals surface area contributed by atoms with E-state index in [0.717, 1.165) is 30.8 Å². The molecule has 114 valence electrons. The first-order chi connectivity index (χ1) is 9.55. The van der Waals surface area contributed by atoms with Gasteiger partial charge in [-0.1, -0.05) is 0 Å². The maximum absolute atomic E-state index is 12.2. The third-order valence-electron chi connectivity index (χ3n) is 5.46. The molecule has 1 amide bonds. The van der Waals surface area contributed by atoms with Gasteiger partial charge in [0.05, 0.1) is 6.54 Å². The molecule has 0 aromatic heterocycles. The van der Waals surface area contributed by atoms with Crippen molar-refractivity contribution in [3.63, 3.8) is 0 Å². The summed E-state index contributed by atoms with van der Waals surface area (Å²) in [7, 11) is 4.11. The van der Waals surface area contributed by atoms with Crippen LogP contribution in [0.4, 0.5) is 0 Å². The second-order valence-corrected chi connectivity index (χ2v) is 7.73. The molecule has 0 aromatic carbocycles. The number of nitrogens with one attached hydrogen (secondary N) is 2. The van der Waals surface area contributed by atoms with Crippen molar-refractivity contribution in [3.8, 4) is 0 Å². The summed E-state index contributed by atoms with van der Waals surface area (Å²) in [4.78, 5) is 14.3. The van der Waals surface area contributed by atoms with E-state index in [0.29, 0.717) is 6.54 Å². The topological polar surface area (TPSA) is 44.4 Å². The van der Waals surface area contributed by atoms with Crippen molar-refractivity contribution < 1.29 is 4.79 Å². The highest BCUT2D eigenvalue weighted by Gasteiger charge is 2.51. The number of carbonyl (C=O) groups excluding carboxylic acids is 1. The molecular formula is C16H29N3O. The highest BCUT2D eigenvalue weighted by atomic mass is 16.2. The van der Waals surface area contributed by atoms with Gasteiger partial charge >= 0.3 is 0 Å². The van der Waals surface area contributed by atoms with Crippen LogP contribution in [0.25, 0.3) is 0 Å². The van der Waals surface area contributed by atoms with Gasteiger partial charge in [0.2, 0.25) is 5.91 Å². The minimum Gasteiger partial charge on any atom is -0.350 e. The summed E-state index contributed by atoms with van der Waals surface area (Å²) in [6.45, 7) is 2.32. The molecule has 4 fully saturated rings. The molecule has 0 radical (unpaired) electrons. The molecule has 4 aliphatic rings. The van der Waals surface area contributed by atoms with E-state index in [1.54, 1.807) is 0 Å². The van der Waals surface area contributed by atoms with Crippen molar-refractivity contribution >= 4 is 5.91 Å². The number of hydrogen-bond donors (Lipinski definition) is 2. The van der Waals surface area contributed by atoms with E-state index in [2.05, 4.69) is 29.6 Å². The van der Waals surface area contributed by atoms with Gasteiger partial charge in [-0.05, 0) is 70.4 Å². The Labute approximate surface area is 122 Å². The highest BCUT2D eigenvalue weighted by Crippen LogP contribution is 2.55. The highest BCUT2D eigenvalue weighted by molar-refractivity contribution is 5.79. The monoisotopic (exact) mass is 279 g/mol. The molecule has 4 bridgehead atoms. The van der Waals surface area contributed by atoms with Gasteiger partial charge in [0.1, 0.15) is 0 Å². The second-order valence-electron chi connectivity index (χ2n) is 7.73. The summed E-state index contributed by atoms with van der Waals surface area (Å²) in [5.74, 6) is 2.88. The molecule has 0 atom stereocenters. The van der Waals surface area contributed by atoms with Crippen LogP contribution in [0.5, 0.6) is 0 Å². The first-order valence-corrected chi connectivity index (χ1v) is 8.21. The van der Waals surface area contributed by atoms with Crippen LogP contribution < -0.4 is 10.6 Å². The van der Waals surface area contributed by atoms with Crippen molar-refractivity contribution in [3.05, 3.63) is 0 Å². The summed E-state index contributed by atoms with van der Waals surface area (Å²) in [5.41, 5.74) is 0.162. The molecule has 4 saturated carbocycles. The van der Waals surface area contributed by atoms with Crippen molar-refractivity contribution in [2.75, 3.05) is 33.7 Å². The molecule has 20 heavy (non-hydrogen) atoms. The Morgan fingerprint density at radius 3 is 2.15 bits per heavy atom. The van der Waals surface area contributed by atoms with Crippen LogP contribution in [0.15, 0.2) is 0 Å². The lowest BCUT2D eigenvalue weighted by Crippen LogP contribution is -2.60. The maximum Gasteiger partial charge on any atom is 0.234 e. The molecular weight excluding hydrogens is 250 g/mol. The number of likely N-dealkylation sites (N-methyl/N-ethyl adjacent to an activating group) is 1.